The number of hydrogen-bond acceptors (Lipinski definition) is 5. The van der Waals surface area contributed by atoms with E-state index < -0.39 is 0 Å². The highest BCUT2D eigenvalue weighted by molar-refractivity contribution is 5.45. The monoisotopic (exact) mass is 330 g/mol. The third-order valence-electron chi connectivity index (χ3n) is 5.69. The van der Waals surface area contributed by atoms with Gasteiger partial charge in [0.1, 0.15) is 11.8 Å². The van der Waals surface area contributed by atoms with Gasteiger partial charge < -0.3 is 14.6 Å². The van der Waals surface area contributed by atoms with Crippen LogP contribution in [0.3, 0.4) is 0 Å². The molecule has 1 aromatic rings. The van der Waals surface area contributed by atoms with Crippen molar-refractivity contribution in [1.82, 2.24) is 4.90 Å². The molecular weight excluding hydrogens is 304 g/mol. The second-order valence-corrected chi connectivity index (χ2v) is 6.85. The van der Waals surface area contributed by atoms with E-state index in [9.17, 15) is 10.4 Å². The summed E-state index contributed by atoms with van der Waals surface area (Å²) >= 11 is 0. The predicted molar refractivity (Wildman–Crippen MR) is 90.7 cm³/mol. The molecule has 0 radical (unpaired) electrons. The summed E-state index contributed by atoms with van der Waals surface area (Å²) in [4.78, 5) is 2.39. The van der Waals surface area contributed by atoms with Crippen LogP contribution in [-0.2, 0) is 11.3 Å². The largest absolute Gasteiger partial charge is 0.495 e. The molecule has 1 spiro atoms. The number of nitrogens with zero attached hydrogens (tertiary/aromatic N) is 2. The van der Waals surface area contributed by atoms with Gasteiger partial charge >= 0.3 is 0 Å². The van der Waals surface area contributed by atoms with Crippen LogP contribution in [0.2, 0.25) is 0 Å². The number of rotatable bonds is 5. The fourth-order valence-corrected chi connectivity index (χ4v) is 4.14. The van der Waals surface area contributed by atoms with Gasteiger partial charge in [-0.05, 0) is 50.6 Å². The molecule has 5 heteroatoms. The van der Waals surface area contributed by atoms with Crippen molar-refractivity contribution in [3.05, 3.63) is 29.3 Å². The van der Waals surface area contributed by atoms with Gasteiger partial charge in [0, 0.05) is 25.0 Å². The van der Waals surface area contributed by atoms with E-state index in [0.29, 0.717) is 17.9 Å². The van der Waals surface area contributed by atoms with Crippen molar-refractivity contribution in [1.29, 1.82) is 5.26 Å². The molecule has 0 aromatic heterocycles. The van der Waals surface area contributed by atoms with Crippen LogP contribution in [0.1, 0.15) is 37.3 Å². The van der Waals surface area contributed by atoms with Crippen molar-refractivity contribution in [3.8, 4) is 11.8 Å². The Morgan fingerprint density at radius 2 is 2.12 bits per heavy atom. The first-order chi connectivity index (χ1) is 11.6. The van der Waals surface area contributed by atoms with Crippen molar-refractivity contribution >= 4 is 0 Å². The number of ether oxygens (including phenoxy) is 2. The number of methoxy groups -OCH3 is 1. The predicted octanol–water partition coefficient (Wildman–Crippen LogP) is 2.32. The van der Waals surface area contributed by atoms with Gasteiger partial charge in [0.25, 0.3) is 0 Å². The van der Waals surface area contributed by atoms with Crippen LogP contribution in [0, 0.1) is 16.7 Å². The molecule has 2 unspecified atom stereocenters. The lowest BCUT2D eigenvalue weighted by Crippen LogP contribution is -2.62. The van der Waals surface area contributed by atoms with E-state index in [2.05, 4.69) is 11.0 Å². The normalized spacial score (nSPS) is 25.9. The highest BCUT2D eigenvalue weighted by atomic mass is 16.5. The van der Waals surface area contributed by atoms with Crippen molar-refractivity contribution in [2.75, 3.05) is 26.8 Å². The third-order valence-corrected chi connectivity index (χ3v) is 5.69. The van der Waals surface area contributed by atoms with E-state index in [1.807, 2.05) is 25.1 Å². The number of hydrogen-bond donors (Lipinski definition) is 1. The van der Waals surface area contributed by atoms with Crippen molar-refractivity contribution in [2.45, 2.75) is 44.9 Å². The molecule has 24 heavy (non-hydrogen) atoms. The molecule has 0 amide bonds. The van der Waals surface area contributed by atoms with Gasteiger partial charge in [-0.15, -0.1) is 0 Å². The van der Waals surface area contributed by atoms with E-state index >= 15 is 0 Å². The Hall–Kier alpha value is -1.61. The van der Waals surface area contributed by atoms with Gasteiger partial charge in [-0.3, -0.25) is 4.90 Å². The van der Waals surface area contributed by atoms with Crippen molar-refractivity contribution < 1.29 is 14.6 Å². The standard InChI is InChI=1S/C19H26N2O3/c1-3-24-18-11-17(22)19(18)6-8-21(9-7-19)13-14-4-5-16(23-2)15(10-14)12-20/h4-5,10,17-18,22H,3,6-9,11,13H2,1-2H3. The maximum absolute atomic E-state index is 10.3. The second kappa shape index (κ2) is 7.10. The van der Waals surface area contributed by atoms with E-state index in [4.69, 9.17) is 9.47 Å². The van der Waals surface area contributed by atoms with Crippen molar-refractivity contribution in [2.24, 2.45) is 5.41 Å². The molecule has 5 nitrogen and oxygen atoms in total. The third kappa shape index (κ3) is 3.02. The second-order valence-electron chi connectivity index (χ2n) is 6.85. The maximum Gasteiger partial charge on any atom is 0.136 e. The van der Waals surface area contributed by atoms with Gasteiger partial charge in [-0.1, -0.05) is 6.07 Å². The number of likely N-dealkylation sites (tertiary alicyclic amines) is 1. The van der Waals surface area contributed by atoms with E-state index in [-0.39, 0.29) is 17.6 Å². The summed E-state index contributed by atoms with van der Waals surface area (Å²) in [6, 6.07) is 7.98. The first-order valence-electron chi connectivity index (χ1n) is 8.72. The average Bonchev–Trinajstić information content (AvgIpc) is 2.62. The van der Waals surface area contributed by atoms with Gasteiger partial charge in [-0.2, -0.15) is 5.26 Å². The Balaban J connectivity index is 1.61. The molecule has 2 fully saturated rings. The van der Waals surface area contributed by atoms with Gasteiger partial charge in [0.05, 0.1) is 24.9 Å². The van der Waals surface area contributed by atoms with Crippen LogP contribution in [-0.4, -0.2) is 49.0 Å². The minimum atomic E-state index is -0.220. The Morgan fingerprint density at radius 1 is 1.38 bits per heavy atom. The Kier molecular flexibility index (Phi) is 5.09. The first-order valence-corrected chi connectivity index (χ1v) is 8.72. The van der Waals surface area contributed by atoms with Gasteiger partial charge in [0.15, 0.2) is 0 Å². The Labute approximate surface area is 143 Å². The minimum Gasteiger partial charge on any atom is -0.495 e. The fraction of sp³-hybridized carbons (Fsp3) is 0.632. The summed E-state index contributed by atoms with van der Waals surface area (Å²) in [5.74, 6) is 0.621. The number of aliphatic hydroxyl groups is 1. The van der Waals surface area contributed by atoms with Gasteiger partial charge in [-0.25, -0.2) is 0 Å². The number of nitriles is 1. The zero-order valence-electron chi connectivity index (χ0n) is 14.5. The van der Waals surface area contributed by atoms with Crippen LogP contribution in [0.15, 0.2) is 18.2 Å². The Morgan fingerprint density at radius 3 is 2.71 bits per heavy atom. The molecule has 1 N–H and O–H groups in total. The first kappa shape index (κ1) is 17.2. The zero-order chi connectivity index (χ0) is 17.2. The topological polar surface area (TPSA) is 65.7 Å². The SMILES string of the molecule is CCOC1CC(O)C12CCN(Cc1ccc(OC)c(C#N)c1)CC2. The summed E-state index contributed by atoms with van der Waals surface area (Å²) in [5, 5.41) is 19.5. The van der Waals surface area contributed by atoms with Crippen LogP contribution in [0.4, 0.5) is 0 Å². The molecule has 3 rings (SSSR count). The lowest BCUT2D eigenvalue weighted by Gasteiger charge is -2.56. The number of aliphatic hydroxyl groups excluding tert-OH is 1. The van der Waals surface area contributed by atoms with Crippen molar-refractivity contribution in [3.63, 3.8) is 0 Å². The number of benzene rings is 1. The summed E-state index contributed by atoms with van der Waals surface area (Å²) < 4.78 is 11.0. The quantitative estimate of drug-likeness (QED) is 0.897. The summed E-state index contributed by atoms with van der Waals surface area (Å²) in [6.45, 7) is 5.46. The van der Waals surface area contributed by atoms with E-state index in [0.717, 1.165) is 44.5 Å². The van der Waals surface area contributed by atoms with Crippen LogP contribution < -0.4 is 4.74 Å². The van der Waals surface area contributed by atoms with E-state index in [1.165, 1.54) is 0 Å². The highest BCUT2D eigenvalue weighted by Gasteiger charge is 2.55. The lowest BCUT2D eigenvalue weighted by atomic mass is 9.58. The molecular formula is C19H26N2O3. The van der Waals surface area contributed by atoms with Crippen LogP contribution >= 0.6 is 0 Å². The number of piperidine rings is 1. The molecule has 0 bridgehead atoms. The van der Waals surface area contributed by atoms with Crippen LogP contribution in [0.5, 0.6) is 5.75 Å². The summed E-state index contributed by atoms with van der Waals surface area (Å²) in [7, 11) is 1.58. The molecule has 1 aliphatic carbocycles. The van der Waals surface area contributed by atoms with Gasteiger partial charge in [0.2, 0.25) is 0 Å². The lowest BCUT2D eigenvalue weighted by molar-refractivity contribution is -0.209. The molecule has 2 atom stereocenters. The fourth-order valence-electron chi connectivity index (χ4n) is 4.14. The smallest absolute Gasteiger partial charge is 0.136 e. The van der Waals surface area contributed by atoms with Crippen LogP contribution in [0.25, 0.3) is 0 Å². The average molecular weight is 330 g/mol. The highest BCUT2D eigenvalue weighted by Crippen LogP contribution is 2.51. The zero-order valence-corrected chi connectivity index (χ0v) is 14.5. The molecule has 1 aromatic carbocycles. The van der Waals surface area contributed by atoms with E-state index in [1.54, 1.807) is 7.11 Å². The molecule has 1 heterocycles. The molecule has 2 aliphatic rings. The summed E-state index contributed by atoms with van der Waals surface area (Å²) in [5.41, 5.74) is 1.66. The molecule has 1 saturated carbocycles. The molecule has 130 valence electrons. The Bertz CT molecular complexity index is 616. The molecule has 1 saturated heterocycles. The maximum atomic E-state index is 10.3. The molecule has 1 aliphatic heterocycles. The summed E-state index contributed by atoms with van der Waals surface area (Å²) in [6.07, 6.45) is 2.71. The minimum absolute atomic E-state index is 0.0375.